The molecule has 126 valence electrons. The summed E-state index contributed by atoms with van der Waals surface area (Å²) in [6.07, 6.45) is 0.916. The molecule has 4 heteroatoms. The zero-order chi connectivity index (χ0) is 16.9. The quantitative estimate of drug-likeness (QED) is 0.770. The lowest BCUT2D eigenvalue weighted by atomic mass is 9.99. The van der Waals surface area contributed by atoms with E-state index in [2.05, 4.69) is 25.1 Å². The van der Waals surface area contributed by atoms with Crippen LogP contribution in [0.15, 0.2) is 53.4 Å². The molecule has 1 unspecified atom stereocenters. The summed E-state index contributed by atoms with van der Waals surface area (Å²) in [7, 11) is 1.86. The van der Waals surface area contributed by atoms with Crippen molar-refractivity contribution in [2.75, 3.05) is 19.3 Å². The molecule has 0 radical (unpaired) electrons. The van der Waals surface area contributed by atoms with Crippen LogP contribution in [0.1, 0.15) is 28.4 Å². The molecule has 1 aliphatic rings. The number of carbonyl (C=O) groups is 1. The number of carbonyl (C=O) groups excluding carboxylic acids is 1. The first-order valence-electron chi connectivity index (χ1n) is 8.34. The summed E-state index contributed by atoms with van der Waals surface area (Å²) in [5, 5.41) is 0. The van der Waals surface area contributed by atoms with Crippen molar-refractivity contribution in [3.63, 3.8) is 0 Å². The minimum atomic E-state index is 0.0554. The second-order valence-corrected chi connectivity index (χ2v) is 7.33. The van der Waals surface area contributed by atoms with Crippen molar-refractivity contribution >= 4 is 17.7 Å². The van der Waals surface area contributed by atoms with Gasteiger partial charge in [0.1, 0.15) is 0 Å². The molecule has 1 heterocycles. The van der Waals surface area contributed by atoms with Crippen LogP contribution < -0.4 is 0 Å². The third-order valence-corrected chi connectivity index (χ3v) is 5.24. The van der Waals surface area contributed by atoms with Crippen LogP contribution in [0.2, 0.25) is 0 Å². The molecule has 2 aromatic carbocycles. The van der Waals surface area contributed by atoms with Crippen LogP contribution in [-0.2, 0) is 17.8 Å². The van der Waals surface area contributed by atoms with Crippen LogP contribution >= 0.6 is 11.8 Å². The van der Waals surface area contributed by atoms with E-state index in [0.717, 1.165) is 22.6 Å². The van der Waals surface area contributed by atoms with Crippen molar-refractivity contribution in [3.05, 3.63) is 65.2 Å². The van der Waals surface area contributed by atoms with E-state index in [1.807, 2.05) is 37.4 Å². The van der Waals surface area contributed by atoms with E-state index < -0.39 is 0 Å². The second kappa shape index (κ2) is 7.86. The highest BCUT2D eigenvalue weighted by Crippen LogP contribution is 2.24. The van der Waals surface area contributed by atoms with Crippen molar-refractivity contribution in [2.24, 2.45) is 0 Å². The number of amides is 1. The summed E-state index contributed by atoms with van der Waals surface area (Å²) < 4.78 is 5.94. The second-order valence-electron chi connectivity index (χ2n) is 6.02. The first-order chi connectivity index (χ1) is 11.7. The Bertz CT molecular complexity index is 716. The van der Waals surface area contributed by atoms with Gasteiger partial charge in [-0.2, -0.15) is 0 Å². The molecule has 0 bridgehead atoms. The van der Waals surface area contributed by atoms with Gasteiger partial charge in [0.05, 0.1) is 18.3 Å². The summed E-state index contributed by atoms with van der Waals surface area (Å²) in [6, 6.07) is 16.2. The van der Waals surface area contributed by atoms with E-state index in [0.29, 0.717) is 13.2 Å². The van der Waals surface area contributed by atoms with Crippen LogP contribution in [0.3, 0.4) is 0 Å². The molecule has 3 nitrogen and oxygen atoms in total. The van der Waals surface area contributed by atoms with Crippen molar-refractivity contribution in [1.29, 1.82) is 0 Å². The van der Waals surface area contributed by atoms with Crippen LogP contribution in [0, 0.1) is 0 Å². The van der Waals surface area contributed by atoms with Gasteiger partial charge in [0.15, 0.2) is 0 Å². The number of benzene rings is 2. The van der Waals surface area contributed by atoms with Crippen LogP contribution in [0.4, 0.5) is 0 Å². The Labute approximate surface area is 148 Å². The number of fused-ring (bicyclic) bond motifs is 1. The van der Waals surface area contributed by atoms with Gasteiger partial charge in [-0.1, -0.05) is 43.3 Å². The fourth-order valence-electron chi connectivity index (χ4n) is 3.05. The molecule has 0 fully saturated rings. The topological polar surface area (TPSA) is 29.5 Å². The lowest BCUT2D eigenvalue weighted by Crippen LogP contribution is -2.38. The summed E-state index contributed by atoms with van der Waals surface area (Å²) in [4.78, 5) is 15.6. The number of thioether (sulfide) groups is 1. The van der Waals surface area contributed by atoms with Gasteiger partial charge in [-0.25, -0.2) is 0 Å². The van der Waals surface area contributed by atoms with Crippen molar-refractivity contribution < 1.29 is 9.53 Å². The first kappa shape index (κ1) is 17.1. The van der Waals surface area contributed by atoms with Gasteiger partial charge in [0.25, 0.3) is 5.91 Å². The van der Waals surface area contributed by atoms with Gasteiger partial charge in [-0.05, 0) is 29.0 Å². The van der Waals surface area contributed by atoms with E-state index in [-0.39, 0.29) is 12.0 Å². The molecule has 1 amide bonds. The lowest BCUT2D eigenvalue weighted by Gasteiger charge is -2.29. The Hall–Kier alpha value is -1.78. The van der Waals surface area contributed by atoms with E-state index >= 15 is 0 Å². The monoisotopic (exact) mass is 341 g/mol. The van der Waals surface area contributed by atoms with Gasteiger partial charge in [-0.3, -0.25) is 4.79 Å². The number of hydrogen-bond acceptors (Lipinski definition) is 3. The SMILES string of the molecule is CCSc1ccccc1C(=O)N(C)CC1Cc2ccccc2CO1. The van der Waals surface area contributed by atoms with E-state index in [9.17, 15) is 4.79 Å². The lowest BCUT2D eigenvalue weighted by molar-refractivity contribution is 0.00977. The molecular formula is C20H23NO2S. The van der Waals surface area contributed by atoms with Crippen LogP contribution in [-0.4, -0.2) is 36.3 Å². The number of ether oxygens (including phenoxy) is 1. The van der Waals surface area contributed by atoms with Gasteiger partial charge < -0.3 is 9.64 Å². The minimum Gasteiger partial charge on any atom is -0.371 e. The third-order valence-electron chi connectivity index (χ3n) is 4.28. The molecule has 24 heavy (non-hydrogen) atoms. The average molecular weight is 341 g/mol. The summed E-state index contributed by atoms with van der Waals surface area (Å²) >= 11 is 1.71. The molecule has 0 N–H and O–H groups in total. The largest absolute Gasteiger partial charge is 0.371 e. The maximum absolute atomic E-state index is 12.8. The Morgan fingerprint density at radius 1 is 1.17 bits per heavy atom. The Morgan fingerprint density at radius 3 is 2.67 bits per heavy atom. The van der Waals surface area contributed by atoms with E-state index in [1.165, 1.54) is 11.1 Å². The highest BCUT2D eigenvalue weighted by Gasteiger charge is 2.23. The molecule has 0 spiro atoms. The third kappa shape index (κ3) is 3.82. The van der Waals surface area contributed by atoms with Gasteiger partial charge in [0.2, 0.25) is 0 Å². The maximum Gasteiger partial charge on any atom is 0.254 e. The standard InChI is InChI=1S/C20H23NO2S/c1-3-24-19-11-7-6-10-18(19)20(22)21(2)13-17-12-15-8-4-5-9-16(15)14-23-17/h4-11,17H,3,12-14H2,1-2H3. The molecule has 0 saturated carbocycles. The normalized spacial score (nSPS) is 16.5. The fourth-order valence-corrected chi connectivity index (χ4v) is 3.84. The Balaban J connectivity index is 1.67. The van der Waals surface area contributed by atoms with Crippen molar-refractivity contribution in [1.82, 2.24) is 4.90 Å². The van der Waals surface area contributed by atoms with Gasteiger partial charge >= 0.3 is 0 Å². The maximum atomic E-state index is 12.8. The van der Waals surface area contributed by atoms with E-state index in [4.69, 9.17) is 4.74 Å². The molecule has 0 aromatic heterocycles. The van der Waals surface area contributed by atoms with E-state index in [1.54, 1.807) is 16.7 Å². The summed E-state index contributed by atoms with van der Waals surface area (Å²) in [5.41, 5.74) is 3.37. The molecule has 3 rings (SSSR count). The van der Waals surface area contributed by atoms with Crippen molar-refractivity contribution in [3.8, 4) is 0 Å². The highest BCUT2D eigenvalue weighted by molar-refractivity contribution is 7.99. The van der Waals surface area contributed by atoms with Crippen molar-refractivity contribution in [2.45, 2.75) is 31.0 Å². The van der Waals surface area contributed by atoms with Gasteiger partial charge in [-0.15, -0.1) is 11.8 Å². The molecule has 0 aliphatic carbocycles. The number of rotatable bonds is 5. The van der Waals surface area contributed by atoms with Crippen LogP contribution in [0.5, 0.6) is 0 Å². The Kier molecular flexibility index (Phi) is 5.59. The predicted molar refractivity (Wildman–Crippen MR) is 98.5 cm³/mol. The number of nitrogens with zero attached hydrogens (tertiary/aromatic N) is 1. The predicted octanol–water partition coefficient (Wildman–Crippen LogP) is 4.01. The number of hydrogen-bond donors (Lipinski definition) is 0. The zero-order valence-electron chi connectivity index (χ0n) is 14.2. The number of likely N-dealkylation sites (N-methyl/N-ethyl adjacent to an activating group) is 1. The highest BCUT2D eigenvalue weighted by atomic mass is 32.2. The molecule has 0 saturated heterocycles. The first-order valence-corrected chi connectivity index (χ1v) is 9.33. The zero-order valence-corrected chi connectivity index (χ0v) is 15.0. The summed E-state index contributed by atoms with van der Waals surface area (Å²) in [6.45, 7) is 3.34. The molecular weight excluding hydrogens is 318 g/mol. The van der Waals surface area contributed by atoms with Gasteiger partial charge in [0, 0.05) is 24.9 Å². The molecule has 1 aliphatic heterocycles. The minimum absolute atomic E-state index is 0.0554. The average Bonchev–Trinajstić information content (AvgIpc) is 2.62. The molecule has 2 aromatic rings. The smallest absolute Gasteiger partial charge is 0.254 e. The summed E-state index contributed by atoms with van der Waals surface area (Å²) in [5.74, 6) is 1.02. The van der Waals surface area contributed by atoms with Crippen LogP contribution in [0.25, 0.3) is 0 Å². The Morgan fingerprint density at radius 2 is 1.88 bits per heavy atom. The fraction of sp³-hybridized carbons (Fsp3) is 0.350. The molecule has 1 atom stereocenters.